The van der Waals surface area contributed by atoms with E-state index in [0.29, 0.717) is 0 Å². The summed E-state index contributed by atoms with van der Waals surface area (Å²) in [4.78, 5) is 8.52. The summed E-state index contributed by atoms with van der Waals surface area (Å²) in [5, 5.41) is 0. The predicted molar refractivity (Wildman–Crippen MR) is 46.2 cm³/mol. The molecular weight excluding hydrogens is 136 g/mol. The molecular formula is C9H12N2. The molecule has 0 aromatic carbocycles. The largest absolute Gasteiger partial charge is 0.257 e. The van der Waals surface area contributed by atoms with Crippen LogP contribution in [0.15, 0.2) is 12.8 Å². The molecule has 1 aromatic heterocycles. The highest BCUT2D eigenvalue weighted by molar-refractivity contribution is 5.40. The van der Waals surface area contributed by atoms with Gasteiger partial charge in [0, 0.05) is 0 Å². The van der Waals surface area contributed by atoms with E-state index in [4.69, 9.17) is 0 Å². The quantitative estimate of drug-likeness (QED) is 0.641. The first-order valence-electron chi connectivity index (χ1n) is 3.73. The number of aryl methyl sites for hydroxylation is 2. The Balaban J connectivity index is 3.09. The van der Waals surface area contributed by atoms with Gasteiger partial charge in [0.2, 0.25) is 0 Å². The molecule has 0 fully saturated rings. The normalized spacial score (nSPS) is 9.64. The Morgan fingerprint density at radius 2 is 2.36 bits per heavy atom. The van der Waals surface area contributed by atoms with Gasteiger partial charge in [0.25, 0.3) is 0 Å². The van der Waals surface area contributed by atoms with E-state index in [9.17, 15) is 0 Å². The zero-order valence-electron chi connectivity index (χ0n) is 6.96. The van der Waals surface area contributed by atoms with Crippen LogP contribution in [0.3, 0.4) is 0 Å². The van der Waals surface area contributed by atoms with Crippen LogP contribution in [0.1, 0.15) is 24.0 Å². The second kappa shape index (κ2) is 3.28. The zero-order valence-corrected chi connectivity index (χ0v) is 6.96. The lowest BCUT2D eigenvalue weighted by molar-refractivity contribution is 0.952. The van der Waals surface area contributed by atoms with Gasteiger partial charge in [0.05, 0.1) is 23.3 Å². The summed E-state index contributed by atoms with van der Waals surface area (Å²) in [6.45, 7) is 7.67. The lowest BCUT2D eigenvalue weighted by atomic mass is 10.2. The molecule has 0 spiro atoms. The van der Waals surface area contributed by atoms with E-state index in [1.54, 1.807) is 12.3 Å². The van der Waals surface area contributed by atoms with Gasteiger partial charge in [0.15, 0.2) is 0 Å². The Morgan fingerprint density at radius 1 is 1.64 bits per heavy atom. The molecule has 0 unspecified atom stereocenters. The molecule has 0 aliphatic heterocycles. The first-order valence-corrected chi connectivity index (χ1v) is 3.73. The minimum absolute atomic E-state index is 0.847. The molecule has 0 saturated carbocycles. The first-order chi connectivity index (χ1) is 5.27. The molecule has 0 aliphatic rings. The summed E-state index contributed by atoms with van der Waals surface area (Å²) >= 11 is 0. The SMILES string of the molecule is C=Cc1cnc(CC)c(C)n1. The van der Waals surface area contributed by atoms with Gasteiger partial charge in [-0.2, -0.15) is 0 Å². The van der Waals surface area contributed by atoms with Crippen LogP contribution in [0, 0.1) is 6.92 Å². The Kier molecular flexibility index (Phi) is 2.36. The minimum atomic E-state index is 0.847. The van der Waals surface area contributed by atoms with E-state index in [2.05, 4.69) is 23.5 Å². The highest BCUT2D eigenvalue weighted by Crippen LogP contribution is 2.03. The van der Waals surface area contributed by atoms with E-state index >= 15 is 0 Å². The van der Waals surface area contributed by atoms with Crippen molar-refractivity contribution < 1.29 is 0 Å². The van der Waals surface area contributed by atoms with Gasteiger partial charge in [-0.05, 0) is 19.4 Å². The second-order valence-electron chi connectivity index (χ2n) is 2.38. The fourth-order valence-electron chi connectivity index (χ4n) is 0.970. The Bertz CT molecular complexity index is 266. The van der Waals surface area contributed by atoms with E-state index in [0.717, 1.165) is 23.5 Å². The number of hydrogen-bond acceptors (Lipinski definition) is 2. The summed E-state index contributed by atoms with van der Waals surface area (Å²) in [6.07, 6.45) is 4.40. The monoisotopic (exact) mass is 148 g/mol. The van der Waals surface area contributed by atoms with Crippen LogP contribution in [0.2, 0.25) is 0 Å². The van der Waals surface area contributed by atoms with Crippen molar-refractivity contribution in [3.63, 3.8) is 0 Å². The van der Waals surface area contributed by atoms with Gasteiger partial charge in [0.1, 0.15) is 0 Å². The zero-order chi connectivity index (χ0) is 8.27. The van der Waals surface area contributed by atoms with Crippen molar-refractivity contribution in [2.24, 2.45) is 0 Å². The van der Waals surface area contributed by atoms with Crippen LogP contribution in [0.4, 0.5) is 0 Å². The molecule has 11 heavy (non-hydrogen) atoms. The molecule has 0 radical (unpaired) electrons. The van der Waals surface area contributed by atoms with Gasteiger partial charge >= 0.3 is 0 Å². The van der Waals surface area contributed by atoms with Gasteiger partial charge in [-0.1, -0.05) is 13.5 Å². The minimum Gasteiger partial charge on any atom is -0.257 e. The summed E-state index contributed by atoms with van der Waals surface area (Å²) < 4.78 is 0. The number of nitrogens with zero attached hydrogens (tertiary/aromatic N) is 2. The van der Waals surface area contributed by atoms with Crippen LogP contribution >= 0.6 is 0 Å². The summed E-state index contributed by atoms with van der Waals surface area (Å²) in [6, 6.07) is 0. The molecule has 0 N–H and O–H groups in total. The standard InChI is InChI=1S/C9H12N2/c1-4-8-6-10-9(5-2)7(3)11-8/h4,6H,1,5H2,2-3H3. The van der Waals surface area contributed by atoms with Crippen LogP contribution < -0.4 is 0 Å². The highest BCUT2D eigenvalue weighted by Gasteiger charge is 1.97. The van der Waals surface area contributed by atoms with Crippen molar-refractivity contribution in [2.75, 3.05) is 0 Å². The third-order valence-corrected chi connectivity index (χ3v) is 1.61. The molecule has 0 atom stereocenters. The molecule has 0 amide bonds. The fourth-order valence-corrected chi connectivity index (χ4v) is 0.970. The van der Waals surface area contributed by atoms with Gasteiger partial charge in [-0.3, -0.25) is 9.97 Å². The van der Waals surface area contributed by atoms with Crippen molar-refractivity contribution in [1.82, 2.24) is 9.97 Å². The third-order valence-electron chi connectivity index (χ3n) is 1.61. The van der Waals surface area contributed by atoms with Gasteiger partial charge < -0.3 is 0 Å². The summed E-state index contributed by atoms with van der Waals surface area (Å²) in [7, 11) is 0. The molecule has 0 bridgehead atoms. The maximum Gasteiger partial charge on any atom is 0.0810 e. The molecule has 58 valence electrons. The molecule has 0 saturated heterocycles. The molecule has 1 rings (SSSR count). The van der Waals surface area contributed by atoms with Gasteiger partial charge in [-0.15, -0.1) is 0 Å². The molecule has 1 aromatic rings. The van der Waals surface area contributed by atoms with Crippen LogP contribution in [0.25, 0.3) is 6.08 Å². The third kappa shape index (κ3) is 1.64. The highest BCUT2D eigenvalue weighted by atomic mass is 14.8. The average Bonchev–Trinajstić information content (AvgIpc) is 2.04. The summed E-state index contributed by atoms with van der Waals surface area (Å²) in [5.41, 5.74) is 2.92. The first kappa shape index (κ1) is 7.92. The topological polar surface area (TPSA) is 25.8 Å². The van der Waals surface area contributed by atoms with Crippen LogP contribution in [0.5, 0.6) is 0 Å². The second-order valence-corrected chi connectivity index (χ2v) is 2.38. The number of aromatic nitrogens is 2. The van der Waals surface area contributed by atoms with Crippen LogP contribution in [-0.4, -0.2) is 9.97 Å². The lowest BCUT2D eigenvalue weighted by Crippen LogP contribution is -1.96. The fraction of sp³-hybridized carbons (Fsp3) is 0.333. The van der Waals surface area contributed by atoms with Crippen molar-refractivity contribution in [2.45, 2.75) is 20.3 Å². The van der Waals surface area contributed by atoms with Crippen molar-refractivity contribution in [3.8, 4) is 0 Å². The van der Waals surface area contributed by atoms with Crippen molar-refractivity contribution >= 4 is 6.08 Å². The van der Waals surface area contributed by atoms with E-state index < -0.39 is 0 Å². The Hall–Kier alpha value is -1.18. The van der Waals surface area contributed by atoms with Gasteiger partial charge in [-0.25, -0.2) is 0 Å². The number of rotatable bonds is 2. The maximum atomic E-state index is 4.28. The summed E-state index contributed by atoms with van der Waals surface area (Å²) in [5.74, 6) is 0. The molecule has 2 heteroatoms. The Labute approximate surface area is 67.0 Å². The molecule has 2 nitrogen and oxygen atoms in total. The van der Waals surface area contributed by atoms with Crippen molar-refractivity contribution in [1.29, 1.82) is 0 Å². The lowest BCUT2D eigenvalue weighted by Gasteiger charge is -2.00. The smallest absolute Gasteiger partial charge is 0.0810 e. The van der Waals surface area contributed by atoms with E-state index in [1.807, 2.05) is 6.92 Å². The van der Waals surface area contributed by atoms with Crippen LogP contribution in [-0.2, 0) is 6.42 Å². The van der Waals surface area contributed by atoms with E-state index in [-0.39, 0.29) is 0 Å². The van der Waals surface area contributed by atoms with E-state index in [1.165, 1.54) is 0 Å². The number of hydrogen-bond donors (Lipinski definition) is 0. The predicted octanol–water partition coefficient (Wildman–Crippen LogP) is 1.99. The molecule has 1 heterocycles. The molecule has 0 aliphatic carbocycles. The van der Waals surface area contributed by atoms with Crippen molar-refractivity contribution in [3.05, 3.63) is 29.9 Å². The Morgan fingerprint density at radius 3 is 2.82 bits per heavy atom. The maximum absolute atomic E-state index is 4.28. The average molecular weight is 148 g/mol.